The molecule has 1 aromatic heterocycles. The minimum Gasteiger partial charge on any atom is -0.369 e. The third-order valence-corrected chi connectivity index (χ3v) is 3.14. The van der Waals surface area contributed by atoms with Gasteiger partial charge in [-0.15, -0.1) is 0 Å². The second-order valence-electron chi connectivity index (χ2n) is 4.56. The molecule has 2 rings (SSSR count). The molecular formula is C12H16N4. The van der Waals surface area contributed by atoms with Crippen molar-refractivity contribution in [3.8, 4) is 6.07 Å². The van der Waals surface area contributed by atoms with Crippen molar-refractivity contribution in [3.05, 3.63) is 18.1 Å². The summed E-state index contributed by atoms with van der Waals surface area (Å²) in [5, 5.41) is 11.9. The van der Waals surface area contributed by atoms with Gasteiger partial charge in [0.25, 0.3) is 0 Å². The Morgan fingerprint density at radius 3 is 2.88 bits per heavy atom. The van der Waals surface area contributed by atoms with E-state index >= 15 is 0 Å². The van der Waals surface area contributed by atoms with Crippen LogP contribution in [0.4, 0.5) is 5.82 Å². The predicted molar refractivity (Wildman–Crippen MR) is 61.7 cm³/mol. The first-order chi connectivity index (χ1) is 7.78. The summed E-state index contributed by atoms with van der Waals surface area (Å²) < 4.78 is 0. The van der Waals surface area contributed by atoms with E-state index in [-0.39, 0.29) is 0 Å². The SMILES string of the molecule is CC1CCC(CNc2cnc(C#N)cn2)C1. The number of anilines is 1. The van der Waals surface area contributed by atoms with Crippen LogP contribution < -0.4 is 5.32 Å². The highest BCUT2D eigenvalue weighted by Gasteiger charge is 2.20. The van der Waals surface area contributed by atoms with Crippen LogP contribution in [0.2, 0.25) is 0 Å². The fourth-order valence-corrected chi connectivity index (χ4v) is 2.24. The van der Waals surface area contributed by atoms with Crippen molar-refractivity contribution in [2.75, 3.05) is 11.9 Å². The van der Waals surface area contributed by atoms with Crippen LogP contribution in [0.5, 0.6) is 0 Å². The number of nitrogens with one attached hydrogen (secondary N) is 1. The summed E-state index contributed by atoms with van der Waals surface area (Å²) >= 11 is 0. The van der Waals surface area contributed by atoms with Crippen LogP contribution in [0.3, 0.4) is 0 Å². The van der Waals surface area contributed by atoms with Crippen molar-refractivity contribution >= 4 is 5.82 Å². The summed E-state index contributed by atoms with van der Waals surface area (Å²) in [6, 6.07) is 1.96. The van der Waals surface area contributed by atoms with E-state index < -0.39 is 0 Å². The van der Waals surface area contributed by atoms with Crippen molar-refractivity contribution in [1.82, 2.24) is 9.97 Å². The molecule has 1 heterocycles. The second kappa shape index (κ2) is 4.93. The fraction of sp³-hybridized carbons (Fsp3) is 0.583. The van der Waals surface area contributed by atoms with E-state index in [0.29, 0.717) is 5.69 Å². The number of rotatable bonds is 3. The number of hydrogen-bond acceptors (Lipinski definition) is 4. The Morgan fingerprint density at radius 1 is 1.44 bits per heavy atom. The third kappa shape index (κ3) is 2.69. The lowest BCUT2D eigenvalue weighted by Gasteiger charge is -2.10. The molecule has 84 valence electrons. The van der Waals surface area contributed by atoms with E-state index in [1.807, 2.05) is 6.07 Å². The van der Waals surface area contributed by atoms with Gasteiger partial charge in [-0.2, -0.15) is 5.26 Å². The standard InChI is InChI=1S/C12H16N4/c1-9-2-3-10(4-9)6-15-12-8-14-11(5-13)7-16-12/h7-10H,2-4,6H2,1H3,(H,15,16). The molecule has 1 aliphatic carbocycles. The molecule has 0 aromatic carbocycles. The number of hydrogen-bond donors (Lipinski definition) is 1. The molecule has 4 heteroatoms. The van der Waals surface area contributed by atoms with Gasteiger partial charge in [-0.05, 0) is 24.7 Å². The molecule has 0 saturated heterocycles. The van der Waals surface area contributed by atoms with E-state index in [0.717, 1.165) is 24.2 Å². The maximum atomic E-state index is 8.59. The first-order valence-corrected chi connectivity index (χ1v) is 5.74. The average Bonchev–Trinajstić information content (AvgIpc) is 2.73. The summed E-state index contributed by atoms with van der Waals surface area (Å²) in [4.78, 5) is 8.10. The van der Waals surface area contributed by atoms with Gasteiger partial charge in [-0.25, -0.2) is 9.97 Å². The average molecular weight is 216 g/mol. The molecule has 1 aliphatic rings. The van der Waals surface area contributed by atoms with Crippen LogP contribution in [0, 0.1) is 23.2 Å². The molecule has 2 atom stereocenters. The Morgan fingerprint density at radius 2 is 2.31 bits per heavy atom. The minimum absolute atomic E-state index is 0.361. The summed E-state index contributed by atoms with van der Waals surface area (Å²) in [5.41, 5.74) is 0.361. The fourth-order valence-electron chi connectivity index (χ4n) is 2.24. The van der Waals surface area contributed by atoms with Gasteiger partial charge in [-0.3, -0.25) is 0 Å². The summed E-state index contributed by atoms with van der Waals surface area (Å²) in [7, 11) is 0. The normalized spacial score (nSPS) is 24.0. The molecule has 0 aliphatic heterocycles. The van der Waals surface area contributed by atoms with Crippen molar-refractivity contribution in [1.29, 1.82) is 5.26 Å². The van der Waals surface area contributed by atoms with Gasteiger partial charge in [0.2, 0.25) is 0 Å². The van der Waals surface area contributed by atoms with Crippen LogP contribution in [0.1, 0.15) is 31.9 Å². The van der Waals surface area contributed by atoms with Gasteiger partial charge in [0.1, 0.15) is 11.9 Å². The van der Waals surface area contributed by atoms with E-state index in [2.05, 4.69) is 22.2 Å². The highest BCUT2D eigenvalue weighted by atomic mass is 15.0. The Kier molecular flexibility index (Phi) is 3.35. The number of nitriles is 1. The summed E-state index contributed by atoms with van der Waals surface area (Å²) in [6.07, 6.45) is 7.07. The smallest absolute Gasteiger partial charge is 0.158 e. The lowest BCUT2D eigenvalue weighted by Crippen LogP contribution is -2.12. The van der Waals surface area contributed by atoms with Crippen molar-refractivity contribution < 1.29 is 0 Å². The van der Waals surface area contributed by atoms with Gasteiger partial charge < -0.3 is 5.32 Å². The second-order valence-corrected chi connectivity index (χ2v) is 4.56. The molecule has 1 N–H and O–H groups in total. The van der Waals surface area contributed by atoms with E-state index in [9.17, 15) is 0 Å². The molecule has 0 amide bonds. The maximum Gasteiger partial charge on any atom is 0.158 e. The lowest BCUT2D eigenvalue weighted by molar-refractivity contribution is 0.536. The lowest BCUT2D eigenvalue weighted by atomic mass is 10.1. The Labute approximate surface area is 95.7 Å². The van der Waals surface area contributed by atoms with Crippen LogP contribution in [-0.2, 0) is 0 Å². The van der Waals surface area contributed by atoms with Crippen molar-refractivity contribution in [2.24, 2.45) is 11.8 Å². The monoisotopic (exact) mass is 216 g/mol. The predicted octanol–water partition coefficient (Wildman–Crippen LogP) is 2.20. The quantitative estimate of drug-likeness (QED) is 0.841. The Balaban J connectivity index is 1.83. The number of nitrogens with zero attached hydrogens (tertiary/aromatic N) is 3. The van der Waals surface area contributed by atoms with E-state index in [4.69, 9.17) is 5.26 Å². The van der Waals surface area contributed by atoms with E-state index in [1.165, 1.54) is 25.5 Å². The van der Waals surface area contributed by atoms with Gasteiger partial charge >= 0.3 is 0 Å². The Hall–Kier alpha value is -1.63. The molecule has 1 fully saturated rings. The first kappa shape index (κ1) is 10.9. The van der Waals surface area contributed by atoms with Crippen LogP contribution >= 0.6 is 0 Å². The zero-order valence-corrected chi connectivity index (χ0v) is 9.48. The van der Waals surface area contributed by atoms with Gasteiger partial charge in [-0.1, -0.05) is 13.3 Å². The summed E-state index contributed by atoms with van der Waals surface area (Å²) in [6.45, 7) is 3.27. The van der Waals surface area contributed by atoms with Gasteiger partial charge in [0.05, 0.1) is 12.4 Å². The topological polar surface area (TPSA) is 61.6 Å². The number of aromatic nitrogens is 2. The highest BCUT2D eigenvalue weighted by Crippen LogP contribution is 2.30. The zero-order chi connectivity index (χ0) is 11.4. The largest absolute Gasteiger partial charge is 0.369 e. The molecule has 2 unspecified atom stereocenters. The van der Waals surface area contributed by atoms with Crippen molar-refractivity contribution in [2.45, 2.75) is 26.2 Å². The molecular weight excluding hydrogens is 200 g/mol. The summed E-state index contributed by atoms with van der Waals surface area (Å²) in [5.74, 6) is 2.38. The molecule has 0 bridgehead atoms. The van der Waals surface area contributed by atoms with Crippen LogP contribution in [0.15, 0.2) is 12.4 Å². The van der Waals surface area contributed by atoms with E-state index in [1.54, 1.807) is 6.20 Å². The molecule has 0 spiro atoms. The van der Waals surface area contributed by atoms with Crippen LogP contribution in [-0.4, -0.2) is 16.5 Å². The molecule has 16 heavy (non-hydrogen) atoms. The Bertz CT molecular complexity index is 379. The molecule has 1 saturated carbocycles. The highest BCUT2D eigenvalue weighted by molar-refractivity contribution is 5.33. The maximum absolute atomic E-state index is 8.59. The minimum atomic E-state index is 0.361. The van der Waals surface area contributed by atoms with Gasteiger partial charge in [0, 0.05) is 6.54 Å². The molecule has 4 nitrogen and oxygen atoms in total. The van der Waals surface area contributed by atoms with Gasteiger partial charge in [0.15, 0.2) is 5.69 Å². The first-order valence-electron chi connectivity index (χ1n) is 5.74. The molecule has 0 radical (unpaired) electrons. The van der Waals surface area contributed by atoms with Crippen molar-refractivity contribution in [3.63, 3.8) is 0 Å². The molecule has 1 aromatic rings. The third-order valence-electron chi connectivity index (χ3n) is 3.14. The zero-order valence-electron chi connectivity index (χ0n) is 9.48. The van der Waals surface area contributed by atoms with Crippen LogP contribution in [0.25, 0.3) is 0 Å².